The van der Waals surface area contributed by atoms with Gasteiger partial charge in [0.15, 0.2) is 6.29 Å². The number of thiophene rings is 2. The lowest BCUT2D eigenvalue weighted by Crippen LogP contribution is -2.26. The van der Waals surface area contributed by atoms with Crippen molar-refractivity contribution in [1.82, 2.24) is 0 Å². The molecule has 0 aliphatic heterocycles. The quantitative estimate of drug-likeness (QED) is 0.0743. The summed E-state index contributed by atoms with van der Waals surface area (Å²) >= 11 is 3.38. The molecule has 0 fully saturated rings. The van der Waals surface area contributed by atoms with Crippen LogP contribution in [0.4, 0.5) is 17.1 Å². The molecule has 0 spiro atoms. The van der Waals surface area contributed by atoms with Crippen LogP contribution in [-0.4, -0.2) is 6.29 Å². The number of unbranched alkanes of at least 4 members (excludes halogenated alkanes) is 6. The van der Waals surface area contributed by atoms with E-state index >= 15 is 0 Å². The van der Waals surface area contributed by atoms with E-state index in [1.165, 1.54) is 119 Å². The second-order valence-corrected chi connectivity index (χ2v) is 15.9. The number of aldehydes is 1. The Morgan fingerprint density at radius 2 is 1.16 bits per heavy atom. The largest absolute Gasteiger partial charge is 0.310 e. The van der Waals surface area contributed by atoms with Crippen LogP contribution in [0.25, 0.3) is 31.3 Å². The van der Waals surface area contributed by atoms with Gasteiger partial charge in [-0.1, -0.05) is 120 Å². The van der Waals surface area contributed by atoms with Crippen LogP contribution in [0.15, 0.2) is 121 Å². The van der Waals surface area contributed by atoms with Gasteiger partial charge in [0.1, 0.15) is 0 Å². The van der Waals surface area contributed by atoms with Gasteiger partial charge in [0.25, 0.3) is 0 Å². The van der Waals surface area contributed by atoms with Gasteiger partial charge in [-0.25, -0.2) is 0 Å². The number of carbonyl (C=O) groups excluding carboxylic acids is 1. The molecule has 0 atom stereocenters. The molecule has 0 bridgehead atoms. The smallest absolute Gasteiger partial charge is 0.160 e. The van der Waals surface area contributed by atoms with E-state index in [9.17, 15) is 4.79 Å². The number of benzene rings is 4. The van der Waals surface area contributed by atoms with Crippen LogP contribution < -0.4 is 4.90 Å². The molecular formula is C46H47NOS2. The average molecular weight is 694 g/mol. The molecule has 1 aliphatic rings. The molecule has 6 aromatic rings. The first kappa shape index (κ1) is 34.2. The van der Waals surface area contributed by atoms with Crippen molar-refractivity contribution in [2.24, 2.45) is 0 Å². The van der Waals surface area contributed by atoms with Crippen LogP contribution in [0, 0.1) is 0 Å². The molecule has 4 heteroatoms. The molecule has 0 saturated carbocycles. The minimum Gasteiger partial charge on any atom is -0.310 e. The fraction of sp³-hybridized carbons (Fsp3) is 0.283. The number of carbonyl (C=O) groups is 1. The maximum atomic E-state index is 11.3. The van der Waals surface area contributed by atoms with E-state index in [4.69, 9.17) is 0 Å². The number of anilines is 3. The fourth-order valence-corrected chi connectivity index (χ4v) is 9.85. The van der Waals surface area contributed by atoms with Crippen LogP contribution in [0.1, 0.15) is 98.9 Å². The number of nitrogens with zero attached hydrogens (tertiary/aromatic N) is 1. The molecule has 7 rings (SSSR count). The van der Waals surface area contributed by atoms with Gasteiger partial charge in [0.05, 0.1) is 4.88 Å². The number of fused-ring (bicyclic) bond motifs is 3. The van der Waals surface area contributed by atoms with Crippen molar-refractivity contribution in [1.29, 1.82) is 0 Å². The Bertz CT molecular complexity index is 1970. The summed E-state index contributed by atoms with van der Waals surface area (Å²) in [6, 6.07) is 44.7. The van der Waals surface area contributed by atoms with Crippen LogP contribution >= 0.6 is 22.7 Å². The Labute approximate surface area is 306 Å². The zero-order valence-corrected chi connectivity index (χ0v) is 31.0. The van der Waals surface area contributed by atoms with E-state index in [-0.39, 0.29) is 5.41 Å². The number of para-hydroxylation sites is 2. The molecule has 0 amide bonds. The van der Waals surface area contributed by atoms with Gasteiger partial charge < -0.3 is 4.90 Å². The first-order valence-corrected chi connectivity index (χ1v) is 20.1. The highest BCUT2D eigenvalue weighted by atomic mass is 32.1. The Hall–Kier alpha value is -4.25. The SMILES string of the molecule is CCCCCCC1(CCCCCC)c2ccc(-c3ccc(-c4ccc(C=O)s4)s3)cc2-c2ccc(N(c3ccccc3)c3ccccc3)cc21. The van der Waals surface area contributed by atoms with Gasteiger partial charge in [-0.05, 0) is 107 Å². The number of rotatable bonds is 16. The van der Waals surface area contributed by atoms with Gasteiger partial charge in [-0.3, -0.25) is 4.79 Å². The molecule has 0 unspecified atom stereocenters. The van der Waals surface area contributed by atoms with E-state index in [0.717, 1.165) is 16.0 Å². The van der Waals surface area contributed by atoms with Crippen LogP contribution in [0.5, 0.6) is 0 Å². The predicted octanol–water partition coefficient (Wildman–Crippen LogP) is 14.6. The molecule has 50 heavy (non-hydrogen) atoms. The maximum Gasteiger partial charge on any atom is 0.160 e. The molecule has 4 aromatic carbocycles. The van der Waals surface area contributed by atoms with Gasteiger partial charge in [0.2, 0.25) is 0 Å². The van der Waals surface area contributed by atoms with Crippen molar-refractivity contribution in [3.63, 3.8) is 0 Å². The summed E-state index contributed by atoms with van der Waals surface area (Å²) in [7, 11) is 0. The van der Waals surface area contributed by atoms with Gasteiger partial charge >= 0.3 is 0 Å². The van der Waals surface area contributed by atoms with Crippen molar-refractivity contribution < 1.29 is 4.79 Å². The van der Waals surface area contributed by atoms with Gasteiger partial charge in [-0.15, -0.1) is 22.7 Å². The Balaban J connectivity index is 1.36. The lowest BCUT2D eigenvalue weighted by Gasteiger charge is -2.34. The van der Waals surface area contributed by atoms with E-state index in [1.54, 1.807) is 11.3 Å². The lowest BCUT2D eigenvalue weighted by molar-refractivity contribution is 0.112. The highest BCUT2D eigenvalue weighted by Gasteiger charge is 2.43. The predicted molar refractivity (Wildman–Crippen MR) is 217 cm³/mol. The van der Waals surface area contributed by atoms with Crippen molar-refractivity contribution in [3.05, 3.63) is 137 Å². The highest BCUT2D eigenvalue weighted by molar-refractivity contribution is 7.24. The summed E-state index contributed by atoms with van der Waals surface area (Å²) < 4.78 is 0. The molecular weight excluding hydrogens is 647 g/mol. The van der Waals surface area contributed by atoms with E-state index in [2.05, 4.69) is 134 Å². The van der Waals surface area contributed by atoms with Crippen LogP contribution in [-0.2, 0) is 5.41 Å². The molecule has 0 radical (unpaired) electrons. The molecule has 0 N–H and O–H groups in total. The second kappa shape index (κ2) is 15.7. The summed E-state index contributed by atoms with van der Waals surface area (Å²) in [4.78, 5) is 18.2. The van der Waals surface area contributed by atoms with Crippen LogP contribution in [0.2, 0.25) is 0 Å². The van der Waals surface area contributed by atoms with E-state index in [0.29, 0.717) is 0 Å². The molecule has 1 aliphatic carbocycles. The number of hydrogen-bond acceptors (Lipinski definition) is 4. The topological polar surface area (TPSA) is 20.3 Å². The standard InChI is InChI=1S/C46H47NOS2/c1-3-5-7-15-29-46(30-16-8-6-4-2)41-25-21-34(43-27-28-45(50-43)44-26-23-38(33-48)49-44)31-40(41)39-24-22-37(32-42(39)46)47(35-17-11-9-12-18-35)36-19-13-10-14-20-36/h9-14,17-28,31-33H,3-8,15-16,29-30H2,1-2H3. The first-order valence-electron chi connectivity index (χ1n) is 18.5. The summed E-state index contributed by atoms with van der Waals surface area (Å²) in [5, 5.41) is 0. The minimum absolute atomic E-state index is 0.0114. The Kier molecular flexibility index (Phi) is 10.8. The molecule has 2 heterocycles. The molecule has 2 aromatic heterocycles. The summed E-state index contributed by atoms with van der Waals surface area (Å²) in [6.07, 6.45) is 13.4. The fourth-order valence-electron chi connectivity index (χ4n) is 7.93. The number of hydrogen-bond donors (Lipinski definition) is 0. The molecule has 254 valence electrons. The maximum absolute atomic E-state index is 11.3. The second-order valence-electron chi connectivity index (χ2n) is 13.7. The van der Waals surface area contributed by atoms with Crippen molar-refractivity contribution >= 4 is 46.0 Å². The van der Waals surface area contributed by atoms with Gasteiger partial charge in [-0.2, -0.15) is 0 Å². The summed E-state index contributed by atoms with van der Waals surface area (Å²) in [5.74, 6) is 0. The average Bonchev–Trinajstić information content (AvgIpc) is 3.91. The Morgan fingerprint density at radius 1 is 0.540 bits per heavy atom. The zero-order valence-electron chi connectivity index (χ0n) is 29.4. The minimum atomic E-state index is -0.0114. The third-order valence-electron chi connectivity index (χ3n) is 10.4. The van der Waals surface area contributed by atoms with Crippen molar-refractivity contribution in [3.8, 4) is 31.3 Å². The summed E-state index contributed by atoms with van der Waals surface area (Å²) in [5.41, 5.74) is 10.6. The van der Waals surface area contributed by atoms with Crippen molar-refractivity contribution in [2.75, 3.05) is 4.90 Å². The van der Waals surface area contributed by atoms with Gasteiger partial charge in [0, 0.05) is 37.1 Å². The molecule has 2 nitrogen and oxygen atoms in total. The third-order valence-corrected chi connectivity index (χ3v) is 12.8. The lowest BCUT2D eigenvalue weighted by atomic mass is 9.70. The first-order chi connectivity index (χ1) is 24.6. The Morgan fingerprint density at radius 3 is 1.78 bits per heavy atom. The summed E-state index contributed by atoms with van der Waals surface area (Å²) in [6.45, 7) is 4.62. The van der Waals surface area contributed by atoms with E-state index < -0.39 is 0 Å². The van der Waals surface area contributed by atoms with Crippen molar-refractivity contribution in [2.45, 2.75) is 83.5 Å². The van der Waals surface area contributed by atoms with E-state index in [1.807, 2.05) is 17.4 Å². The third kappa shape index (κ3) is 6.89. The zero-order chi connectivity index (χ0) is 34.3. The molecule has 0 saturated heterocycles. The highest BCUT2D eigenvalue weighted by Crippen LogP contribution is 2.56. The monoisotopic (exact) mass is 693 g/mol. The normalized spacial score (nSPS) is 12.8. The van der Waals surface area contributed by atoms with Crippen LogP contribution in [0.3, 0.4) is 0 Å².